The summed E-state index contributed by atoms with van der Waals surface area (Å²) < 4.78 is 10.3. The molecule has 2 rings (SSSR count). The van der Waals surface area contributed by atoms with Crippen LogP contribution >= 0.6 is 0 Å². The van der Waals surface area contributed by atoms with Gasteiger partial charge in [0.15, 0.2) is 0 Å². The zero-order chi connectivity index (χ0) is 14.4. The first-order valence-corrected chi connectivity index (χ1v) is 6.86. The third-order valence-electron chi connectivity index (χ3n) is 3.73. The molecular weight excluding hydrogens is 260 g/mol. The highest BCUT2D eigenvalue weighted by Gasteiger charge is 2.27. The molecule has 5 heteroatoms. The molecule has 1 aromatic carbocycles. The van der Waals surface area contributed by atoms with E-state index >= 15 is 0 Å². The van der Waals surface area contributed by atoms with Crippen LogP contribution in [0.25, 0.3) is 0 Å². The number of hydrogen-bond acceptors (Lipinski definition) is 5. The lowest BCUT2D eigenvalue weighted by atomic mass is 9.87. The number of esters is 1. The zero-order valence-electron chi connectivity index (χ0n) is 11.6. The van der Waals surface area contributed by atoms with Crippen LogP contribution in [-0.2, 0) is 9.62 Å². The fourth-order valence-electron chi connectivity index (χ4n) is 2.50. The van der Waals surface area contributed by atoms with Crippen LogP contribution in [0.4, 0.5) is 0 Å². The Bertz CT molecular complexity index is 428. The summed E-state index contributed by atoms with van der Waals surface area (Å²) >= 11 is 0. The van der Waals surface area contributed by atoms with Gasteiger partial charge in [-0.2, -0.15) is 0 Å². The Labute approximate surface area is 118 Å². The minimum absolute atomic E-state index is 0.0657. The normalized spacial score (nSPS) is 22.3. The van der Waals surface area contributed by atoms with Gasteiger partial charge in [-0.3, -0.25) is 5.26 Å². The summed E-state index contributed by atoms with van der Waals surface area (Å²) in [6, 6.07) is 6.78. The third-order valence-corrected chi connectivity index (χ3v) is 3.73. The van der Waals surface area contributed by atoms with Crippen LogP contribution in [0.15, 0.2) is 24.3 Å². The molecule has 1 saturated carbocycles. The first kappa shape index (κ1) is 14.8. The molecule has 0 spiro atoms. The topological polar surface area (TPSA) is 65.0 Å². The van der Waals surface area contributed by atoms with E-state index in [0.717, 1.165) is 25.7 Å². The first-order valence-electron chi connectivity index (χ1n) is 6.86. The predicted octanol–water partition coefficient (Wildman–Crippen LogP) is 2.90. The molecule has 1 fully saturated rings. The molecule has 0 amide bonds. The van der Waals surface area contributed by atoms with Gasteiger partial charge in [-0.05, 0) is 37.1 Å². The SMILES string of the molecule is COc1ccc(C(=O)OC[C@H]2CCCC[C@H]2OO)cc1. The van der Waals surface area contributed by atoms with E-state index in [1.54, 1.807) is 31.4 Å². The molecule has 0 aromatic heterocycles. The molecule has 1 aromatic rings. The van der Waals surface area contributed by atoms with Gasteiger partial charge in [0.05, 0.1) is 25.4 Å². The number of hydrogen-bond donors (Lipinski definition) is 1. The van der Waals surface area contributed by atoms with Crippen molar-refractivity contribution in [2.75, 3.05) is 13.7 Å². The highest BCUT2D eigenvalue weighted by molar-refractivity contribution is 5.89. The summed E-state index contributed by atoms with van der Waals surface area (Å²) in [7, 11) is 1.57. The van der Waals surface area contributed by atoms with Gasteiger partial charge in [0.25, 0.3) is 0 Å². The highest BCUT2D eigenvalue weighted by Crippen LogP contribution is 2.26. The second kappa shape index (κ2) is 7.26. The number of benzene rings is 1. The van der Waals surface area contributed by atoms with Crippen LogP contribution < -0.4 is 4.74 Å². The van der Waals surface area contributed by atoms with Crippen molar-refractivity contribution in [1.82, 2.24) is 0 Å². The van der Waals surface area contributed by atoms with Gasteiger partial charge in [0.2, 0.25) is 0 Å². The Kier molecular flexibility index (Phi) is 5.38. The van der Waals surface area contributed by atoms with E-state index in [2.05, 4.69) is 4.89 Å². The fraction of sp³-hybridized carbons (Fsp3) is 0.533. The molecule has 110 valence electrons. The van der Waals surface area contributed by atoms with Gasteiger partial charge in [-0.25, -0.2) is 9.68 Å². The maximum Gasteiger partial charge on any atom is 0.338 e. The number of carbonyl (C=O) groups is 1. The Morgan fingerprint density at radius 2 is 1.95 bits per heavy atom. The highest BCUT2D eigenvalue weighted by atomic mass is 17.1. The van der Waals surface area contributed by atoms with E-state index < -0.39 is 0 Å². The Balaban J connectivity index is 1.87. The van der Waals surface area contributed by atoms with Crippen molar-refractivity contribution in [3.8, 4) is 5.75 Å². The number of carbonyl (C=O) groups excluding carboxylic acids is 1. The second-order valence-electron chi connectivity index (χ2n) is 5.02. The van der Waals surface area contributed by atoms with Gasteiger partial charge in [0, 0.05) is 5.92 Å². The van der Waals surface area contributed by atoms with Crippen molar-refractivity contribution < 1.29 is 24.4 Å². The molecular formula is C15H20O5. The monoisotopic (exact) mass is 280 g/mol. The van der Waals surface area contributed by atoms with Crippen LogP contribution in [0.5, 0.6) is 5.75 Å². The van der Waals surface area contributed by atoms with Crippen molar-refractivity contribution >= 4 is 5.97 Å². The van der Waals surface area contributed by atoms with E-state index in [4.69, 9.17) is 14.7 Å². The van der Waals surface area contributed by atoms with Crippen LogP contribution in [0, 0.1) is 5.92 Å². The van der Waals surface area contributed by atoms with E-state index in [1.165, 1.54) is 0 Å². The van der Waals surface area contributed by atoms with Crippen molar-refractivity contribution in [3.63, 3.8) is 0 Å². The van der Waals surface area contributed by atoms with Crippen molar-refractivity contribution in [1.29, 1.82) is 0 Å². The lowest BCUT2D eigenvalue weighted by molar-refractivity contribution is -0.297. The average Bonchev–Trinajstić information content (AvgIpc) is 2.53. The number of ether oxygens (including phenoxy) is 2. The van der Waals surface area contributed by atoms with E-state index in [0.29, 0.717) is 11.3 Å². The fourth-order valence-corrected chi connectivity index (χ4v) is 2.50. The van der Waals surface area contributed by atoms with Gasteiger partial charge in [0.1, 0.15) is 5.75 Å². The van der Waals surface area contributed by atoms with Gasteiger partial charge >= 0.3 is 5.97 Å². The van der Waals surface area contributed by atoms with Crippen molar-refractivity contribution in [3.05, 3.63) is 29.8 Å². The van der Waals surface area contributed by atoms with Crippen molar-refractivity contribution in [2.24, 2.45) is 5.92 Å². The van der Waals surface area contributed by atoms with Gasteiger partial charge < -0.3 is 9.47 Å². The van der Waals surface area contributed by atoms with Crippen LogP contribution in [-0.4, -0.2) is 31.0 Å². The zero-order valence-corrected chi connectivity index (χ0v) is 11.6. The summed E-state index contributed by atoms with van der Waals surface area (Å²) in [6.45, 7) is 0.274. The Morgan fingerprint density at radius 3 is 2.60 bits per heavy atom. The van der Waals surface area contributed by atoms with Gasteiger partial charge in [-0.15, -0.1) is 0 Å². The van der Waals surface area contributed by atoms with Crippen LogP contribution in [0.3, 0.4) is 0 Å². The number of rotatable bonds is 5. The van der Waals surface area contributed by atoms with E-state index in [1.807, 2.05) is 0 Å². The molecule has 0 bridgehead atoms. The quantitative estimate of drug-likeness (QED) is 0.510. The molecule has 20 heavy (non-hydrogen) atoms. The molecule has 0 radical (unpaired) electrons. The molecule has 0 saturated heterocycles. The Hall–Kier alpha value is -1.59. The molecule has 0 unspecified atom stereocenters. The molecule has 1 aliphatic carbocycles. The minimum atomic E-state index is -0.366. The summed E-state index contributed by atoms with van der Waals surface area (Å²) in [4.78, 5) is 16.4. The lowest BCUT2D eigenvalue weighted by Crippen LogP contribution is -2.31. The average molecular weight is 280 g/mol. The van der Waals surface area contributed by atoms with E-state index in [9.17, 15) is 4.79 Å². The molecule has 2 atom stereocenters. The lowest BCUT2D eigenvalue weighted by Gasteiger charge is -2.28. The van der Waals surface area contributed by atoms with Crippen molar-refractivity contribution in [2.45, 2.75) is 31.8 Å². The maximum atomic E-state index is 11.9. The number of methoxy groups -OCH3 is 1. The summed E-state index contributed by atoms with van der Waals surface area (Å²) in [5.41, 5.74) is 0.489. The molecule has 0 aliphatic heterocycles. The standard InChI is InChI=1S/C15H20O5/c1-18-13-8-6-11(7-9-13)15(16)19-10-12-4-2-3-5-14(12)20-17/h6-9,12,14,17H,2-5,10H2,1H3/t12-,14-/m1/s1. The smallest absolute Gasteiger partial charge is 0.338 e. The summed E-state index contributed by atoms with van der Waals surface area (Å²) in [5.74, 6) is 0.397. The molecule has 0 heterocycles. The molecule has 1 N–H and O–H groups in total. The largest absolute Gasteiger partial charge is 0.497 e. The molecule has 5 nitrogen and oxygen atoms in total. The molecule has 1 aliphatic rings. The van der Waals surface area contributed by atoms with Crippen LogP contribution in [0.2, 0.25) is 0 Å². The Morgan fingerprint density at radius 1 is 1.25 bits per heavy atom. The van der Waals surface area contributed by atoms with Gasteiger partial charge in [-0.1, -0.05) is 12.8 Å². The first-order chi connectivity index (χ1) is 9.74. The third kappa shape index (κ3) is 3.71. The predicted molar refractivity (Wildman–Crippen MR) is 72.7 cm³/mol. The van der Waals surface area contributed by atoms with E-state index in [-0.39, 0.29) is 24.6 Å². The second-order valence-corrected chi connectivity index (χ2v) is 5.02. The summed E-state index contributed by atoms with van der Waals surface area (Å²) in [5, 5.41) is 8.85. The van der Waals surface area contributed by atoms with Crippen LogP contribution in [0.1, 0.15) is 36.0 Å². The maximum absolute atomic E-state index is 11.9. The summed E-state index contributed by atoms with van der Waals surface area (Å²) in [6.07, 6.45) is 3.59. The minimum Gasteiger partial charge on any atom is -0.497 e.